The summed E-state index contributed by atoms with van der Waals surface area (Å²) in [5, 5.41) is 17.2. The number of phenolic OH excluding ortho intramolecular Hbond substituents is 1. The van der Waals surface area contributed by atoms with Crippen molar-refractivity contribution in [3.05, 3.63) is 54.1 Å². The number of methoxy groups -OCH3 is 1. The highest BCUT2D eigenvalue weighted by molar-refractivity contribution is 7.80. The number of para-hydroxylation sites is 2. The van der Waals surface area contributed by atoms with Gasteiger partial charge in [0.1, 0.15) is 0 Å². The van der Waals surface area contributed by atoms with E-state index in [1.165, 1.54) is 13.3 Å². The van der Waals surface area contributed by atoms with Crippen LogP contribution in [0.5, 0.6) is 11.5 Å². The molecule has 0 aromatic heterocycles. The minimum atomic E-state index is 0.0347. The van der Waals surface area contributed by atoms with Crippen molar-refractivity contribution < 1.29 is 9.84 Å². The number of phenols is 1. The molecule has 0 bridgehead atoms. The van der Waals surface area contributed by atoms with Gasteiger partial charge in [-0.05, 0) is 36.5 Å². The lowest BCUT2D eigenvalue weighted by atomic mass is 10.2. The molecular formula is C15H15N3O2S. The average molecular weight is 301 g/mol. The van der Waals surface area contributed by atoms with Gasteiger partial charge < -0.3 is 15.2 Å². The second-order valence-corrected chi connectivity index (χ2v) is 4.50. The Bertz CT molecular complexity index is 645. The van der Waals surface area contributed by atoms with Crippen LogP contribution < -0.4 is 15.5 Å². The van der Waals surface area contributed by atoms with E-state index in [2.05, 4.69) is 15.8 Å². The van der Waals surface area contributed by atoms with Crippen LogP contribution in [0.15, 0.2) is 53.6 Å². The fourth-order valence-electron chi connectivity index (χ4n) is 1.65. The molecule has 0 radical (unpaired) electrons. The Morgan fingerprint density at radius 1 is 1.19 bits per heavy atom. The summed E-state index contributed by atoms with van der Waals surface area (Å²) in [7, 11) is 1.49. The Hall–Kier alpha value is -2.60. The highest BCUT2D eigenvalue weighted by Gasteiger charge is 2.04. The number of hydrogen-bond donors (Lipinski definition) is 3. The summed E-state index contributed by atoms with van der Waals surface area (Å²) in [4.78, 5) is 0. The zero-order valence-corrected chi connectivity index (χ0v) is 12.2. The summed E-state index contributed by atoms with van der Waals surface area (Å²) < 4.78 is 5.02. The largest absolute Gasteiger partial charge is 0.504 e. The first kappa shape index (κ1) is 14.8. The summed E-state index contributed by atoms with van der Waals surface area (Å²) in [6, 6.07) is 14.7. The molecular weight excluding hydrogens is 286 g/mol. The number of hydrazone groups is 1. The Balaban J connectivity index is 1.95. The van der Waals surface area contributed by atoms with Crippen LogP contribution in [0.3, 0.4) is 0 Å². The number of nitrogens with one attached hydrogen (secondary N) is 2. The molecule has 108 valence electrons. The molecule has 0 amide bonds. The fraction of sp³-hybridized carbons (Fsp3) is 0.0667. The average Bonchev–Trinajstić information content (AvgIpc) is 2.50. The number of thiocarbonyl (C=S) groups is 1. The number of ether oxygens (including phenoxy) is 1. The van der Waals surface area contributed by atoms with Crippen LogP contribution >= 0.6 is 12.2 Å². The summed E-state index contributed by atoms with van der Waals surface area (Å²) >= 11 is 5.11. The highest BCUT2D eigenvalue weighted by atomic mass is 32.1. The number of rotatable bonds is 4. The van der Waals surface area contributed by atoms with E-state index in [0.29, 0.717) is 16.4 Å². The van der Waals surface area contributed by atoms with E-state index in [1.807, 2.05) is 30.3 Å². The fourth-order valence-corrected chi connectivity index (χ4v) is 1.82. The van der Waals surface area contributed by atoms with Gasteiger partial charge in [0, 0.05) is 11.3 Å². The molecule has 0 aliphatic heterocycles. The quantitative estimate of drug-likeness (QED) is 0.460. The van der Waals surface area contributed by atoms with E-state index in [1.54, 1.807) is 18.2 Å². The second-order valence-electron chi connectivity index (χ2n) is 4.09. The lowest BCUT2D eigenvalue weighted by molar-refractivity contribution is 0.373. The Morgan fingerprint density at radius 2 is 1.95 bits per heavy atom. The van der Waals surface area contributed by atoms with Gasteiger partial charge in [-0.2, -0.15) is 5.10 Å². The third-order valence-corrected chi connectivity index (χ3v) is 2.84. The van der Waals surface area contributed by atoms with Crippen LogP contribution in [0.2, 0.25) is 0 Å². The maximum Gasteiger partial charge on any atom is 0.191 e. The van der Waals surface area contributed by atoms with Crippen LogP contribution in [-0.4, -0.2) is 23.5 Å². The second kappa shape index (κ2) is 7.25. The molecule has 0 heterocycles. The van der Waals surface area contributed by atoms with Gasteiger partial charge in [-0.15, -0.1) is 0 Å². The molecule has 2 rings (SSSR count). The summed E-state index contributed by atoms with van der Waals surface area (Å²) in [5.74, 6) is 0.427. The maximum atomic E-state index is 9.90. The molecule has 21 heavy (non-hydrogen) atoms. The third kappa shape index (κ3) is 4.19. The van der Waals surface area contributed by atoms with Gasteiger partial charge in [0.05, 0.1) is 13.3 Å². The van der Waals surface area contributed by atoms with Crippen molar-refractivity contribution in [2.24, 2.45) is 5.10 Å². The zero-order valence-electron chi connectivity index (χ0n) is 11.4. The molecule has 0 unspecified atom stereocenters. The minimum absolute atomic E-state index is 0.0347. The van der Waals surface area contributed by atoms with Crippen molar-refractivity contribution in [1.82, 2.24) is 5.43 Å². The third-order valence-electron chi connectivity index (χ3n) is 2.65. The molecule has 2 aromatic carbocycles. The van der Waals surface area contributed by atoms with Crippen LogP contribution in [0.1, 0.15) is 5.56 Å². The van der Waals surface area contributed by atoms with Gasteiger partial charge in [0.15, 0.2) is 16.6 Å². The number of nitrogens with zero attached hydrogens (tertiary/aromatic N) is 1. The minimum Gasteiger partial charge on any atom is -0.504 e. The van der Waals surface area contributed by atoms with E-state index in [0.717, 1.165) is 5.69 Å². The van der Waals surface area contributed by atoms with Crippen molar-refractivity contribution in [2.75, 3.05) is 12.4 Å². The number of benzene rings is 2. The number of hydrogen-bond acceptors (Lipinski definition) is 4. The molecule has 6 heteroatoms. The molecule has 0 fully saturated rings. The predicted molar refractivity (Wildman–Crippen MR) is 88.1 cm³/mol. The number of anilines is 1. The molecule has 0 saturated carbocycles. The van der Waals surface area contributed by atoms with Crippen molar-refractivity contribution in [3.63, 3.8) is 0 Å². The van der Waals surface area contributed by atoms with Crippen molar-refractivity contribution >= 4 is 29.2 Å². The molecule has 0 atom stereocenters. The highest BCUT2D eigenvalue weighted by Crippen LogP contribution is 2.27. The normalized spacial score (nSPS) is 10.3. The van der Waals surface area contributed by atoms with Gasteiger partial charge in [0.25, 0.3) is 0 Å². The van der Waals surface area contributed by atoms with Crippen molar-refractivity contribution in [2.45, 2.75) is 0 Å². The monoisotopic (exact) mass is 301 g/mol. The first-order valence-corrected chi connectivity index (χ1v) is 6.62. The molecule has 0 aliphatic carbocycles. The summed E-state index contributed by atoms with van der Waals surface area (Å²) in [6.45, 7) is 0. The van der Waals surface area contributed by atoms with Gasteiger partial charge in [-0.1, -0.05) is 24.3 Å². The standard InChI is InChI=1S/C15H15N3O2S/c1-20-13-9-5-6-11(14(13)19)10-16-18-15(21)17-12-7-3-2-4-8-12/h2-10,19H,1H3,(H2,17,18,21)/b16-10-. The van der Waals surface area contributed by atoms with Gasteiger partial charge in [-0.25, -0.2) is 0 Å². The lowest BCUT2D eigenvalue weighted by Crippen LogP contribution is -2.23. The molecule has 5 nitrogen and oxygen atoms in total. The zero-order chi connectivity index (χ0) is 15.1. The van der Waals surface area contributed by atoms with Crippen molar-refractivity contribution in [3.8, 4) is 11.5 Å². The van der Waals surface area contributed by atoms with Crippen LogP contribution in [-0.2, 0) is 0 Å². The predicted octanol–water partition coefficient (Wildman–Crippen LogP) is 2.72. The van der Waals surface area contributed by atoms with Gasteiger partial charge in [-0.3, -0.25) is 5.43 Å². The lowest BCUT2D eigenvalue weighted by Gasteiger charge is -2.07. The smallest absolute Gasteiger partial charge is 0.191 e. The van der Waals surface area contributed by atoms with Crippen molar-refractivity contribution in [1.29, 1.82) is 0 Å². The summed E-state index contributed by atoms with van der Waals surface area (Å²) in [5.41, 5.74) is 4.08. The van der Waals surface area contributed by atoms with E-state index in [9.17, 15) is 5.11 Å². The van der Waals surface area contributed by atoms with Gasteiger partial charge in [0.2, 0.25) is 0 Å². The Kier molecular flexibility index (Phi) is 5.11. The molecule has 0 aliphatic rings. The molecule has 0 saturated heterocycles. The number of aromatic hydroxyl groups is 1. The van der Waals surface area contributed by atoms with Crippen LogP contribution in [0.25, 0.3) is 0 Å². The van der Waals surface area contributed by atoms with E-state index in [4.69, 9.17) is 17.0 Å². The maximum absolute atomic E-state index is 9.90. The molecule has 2 aromatic rings. The topological polar surface area (TPSA) is 65.9 Å². The first-order chi connectivity index (χ1) is 10.2. The first-order valence-electron chi connectivity index (χ1n) is 6.22. The van der Waals surface area contributed by atoms with Crippen LogP contribution in [0.4, 0.5) is 5.69 Å². The SMILES string of the molecule is COc1cccc(/C=N\NC(=S)Nc2ccccc2)c1O. The summed E-state index contributed by atoms with van der Waals surface area (Å²) in [6.07, 6.45) is 1.47. The van der Waals surface area contributed by atoms with Gasteiger partial charge >= 0.3 is 0 Å². The van der Waals surface area contributed by atoms with E-state index >= 15 is 0 Å². The molecule has 0 spiro atoms. The van der Waals surface area contributed by atoms with E-state index < -0.39 is 0 Å². The van der Waals surface area contributed by atoms with Crippen LogP contribution in [0, 0.1) is 0 Å². The molecule has 3 N–H and O–H groups in total. The Labute approximate surface area is 128 Å². The van der Waals surface area contributed by atoms with E-state index in [-0.39, 0.29) is 5.75 Å². The Morgan fingerprint density at radius 3 is 2.67 bits per heavy atom.